The highest BCUT2D eigenvalue weighted by Gasteiger charge is 2.30. The third kappa shape index (κ3) is 4.23. The van der Waals surface area contributed by atoms with Gasteiger partial charge in [-0.2, -0.15) is 0 Å². The number of hydrogen-bond acceptors (Lipinski definition) is 5. The number of pyridine rings is 1. The van der Waals surface area contributed by atoms with Crippen molar-refractivity contribution in [2.24, 2.45) is 5.92 Å². The van der Waals surface area contributed by atoms with Crippen LogP contribution < -0.4 is 5.32 Å². The number of aromatic nitrogens is 3. The maximum Gasteiger partial charge on any atom is 0.272 e. The lowest BCUT2D eigenvalue weighted by Crippen LogP contribution is -2.42. The number of carbonyl (C=O) groups excluding carboxylic acids is 2. The van der Waals surface area contributed by atoms with Crippen LogP contribution in [0.1, 0.15) is 23.3 Å². The van der Waals surface area contributed by atoms with Gasteiger partial charge < -0.3 is 10.2 Å². The number of nitrogens with zero attached hydrogens (tertiary/aromatic N) is 4. The van der Waals surface area contributed by atoms with E-state index in [0.29, 0.717) is 37.4 Å². The molecule has 7 nitrogen and oxygen atoms in total. The summed E-state index contributed by atoms with van der Waals surface area (Å²) >= 11 is 1.50. The summed E-state index contributed by atoms with van der Waals surface area (Å²) in [5.74, 6) is 0.323. The first-order valence-electron chi connectivity index (χ1n) is 9.85. The summed E-state index contributed by atoms with van der Waals surface area (Å²) in [6, 6.07) is 15.2. The predicted octanol–water partition coefficient (Wildman–Crippen LogP) is 3.48. The molecule has 3 heterocycles. The molecule has 0 unspecified atom stereocenters. The number of carbonyl (C=O) groups is 2. The molecule has 0 saturated carbocycles. The molecule has 1 N–H and O–H groups in total. The lowest BCUT2D eigenvalue weighted by Gasteiger charge is -2.31. The number of likely N-dealkylation sites (tertiary alicyclic amines) is 1. The SMILES string of the molecule is CSc1ncc(C(=O)N2CCC(C(=O)Nc3ccccn3)CC2)n1-c1ccccc1. The molecular weight excluding hydrogens is 398 g/mol. The average Bonchev–Trinajstić information content (AvgIpc) is 3.24. The number of thioether (sulfide) groups is 1. The van der Waals surface area contributed by atoms with Crippen LogP contribution in [-0.4, -0.2) is 50.6 Å². The molecule has 0 bridgehead atoms. The molecule has 154 valence electrons. The van der Waals surface area contributed by atoms with Gasteiger partial charge in [0.25, 0.3) is 5.91 Å². The van der Waals surface area contributed by atoms with Crippen molar-refractivity contribution >= 4 is 29.4 Å². The Morgan fingerprint density at radius 3 is 2.43 bits per heavy atom. The van der Waals surface area contributed by atoms with E-state index >= 15 is 0 Å². The lowest BCUT2D eigenvalue weighted by atomic mass is 9.95. The number of benzene rings is 1. The van der Waals surface area contributed by atoms with Crippen molar-refractivity contribution in [2.75, 3.05) is 24.7 Å². The summed E-state index contributed by atoms with van der Waals surface area (Å²) in [6.07, 6.45) is 6.48. The quantitative estimate of drug-likeness (QED) is 0.638. The Bertz CT molecular complexity index is 1010. The van der Waals surface area contributed by atoms with E-state index < -0.39 is 0 Å². The molecule has 1 aliphatic rings. The van der Waals surface area contributed by atoms with Gasteiger partial charge in [-0.15, -0.1) is 0 Å². The Kier molecular flexibility index (Phi) is 6.13. The minimum Gasteiger partial charge on any atom is -0.337 e. The van der Waals surface area contributed by atoms with E-state index in [1.54, 1.807) is 18.5 Å². The van der Waals surface area contributed by atoms with Crippen LogP contribution in [0.15, 0.2) is 66.1 Å². The number of para-hydroxylation sites is 1. The molecule has 2 amide bonds. The van der Waals surface area contributed by atoms with Crippen LogP contribution in [0, 0.1) is 5.92 Å². The minimum atomic E-state index is -0.128. The molecule has 3 aromatic rings. The Balaban J connectivity index is 1.44. The highest BCUT2D eigenvalue weighted by molar-refractivity contribution is 7.98. The number of imidazole rings is 1. The van der Waals surface area contributed by atoms with E-state index in [0.717, 1.165) is 10.8 Å². The van der Waals surface area contributed by atoms with Crippen LogP contribution >= 0.6 is 11.8 Å². The first-order chi connectivity index (χ1) is 14.7. The van der Waals surface area contributed by atoms with Gasteiger partial charge >= 0.3 is 0 Å². The summed E-state index contributed by atoms with van der Waals surface area (Å²) in [5.41, 5.74) is 1.45. The maximum absolute atomic E-state index is 13.2. The summed E-state index contributed by atoms with van der Waals surface area (Å²) < 4.78 is 1.90. The van der Waals surface area contributed by atoms with Gasteiger partial charge in [-0.3, -0.25) is 14.2 Å². The number of anilines is 1. The van der Waals surface area contributed by atoms with Crippen molar-refractivity contribution < 1.29 is 9.59 Å². The first-order valence-corrected chi connectivity index (χ1v) is 11.1. The Morgan fingerprint density at radius 2 is 1.77 bits per heavy atom. The van der Waals surface area contributed by atoms with Gasteiger partial charge in [0.15, 0.2) is 5.16 Å². The first kappa shape index (κ1) is 20.2. The number of amides is 2. The van der Waals surface area contributed by atoms with E-state index in [1.165, 1.54) is 11.8 Å². The number of nitrogens with one attached hydrogen (secondary N) is 1. The van der Waals surface area contributed by atoms with Crippen molar-refractivity contribution in [3.8, 4) is 5.69 Å². The molecule has 1 fully saturated rings. The largest absolute Gasteiger partial charge is 0.337 e. The molecule has 4 rings (SSSR count). The average molecular weight is 422 g/mol. The standard InChI is InChI=1S/C22H23N5O2S/c1-30-22-24-15-18(27(22)17-7-3-2-4-8-17)21(29)26-13-10-16(11-14-26)20(28)25-19-9-5-6-12-23-19/h2-9,12,15-16H,10-11,13-14H2,1H3,(H,23,25,28). The van der Waals surface area contributed by atoms with E-state index in [1.807, 2.05) is 58.2 Å². The second kappa shape index (κ2) is 9.13. The minimum absolute atomic E-state index is 0.0419. The summed E-state index contributed by atoms with van der Waals surface area (Å²) in [7, 11) is 0. The zero-order valence-corrected chi connectivity index (χ0v) is 17.5. The van der Waals surface area contributed by atoms with Gasteiger partial charge in [0.05, 0.1) is 6.20 Å². The molecule has 0 atom stereocenters. The van der Waals surface area contributed by atoms with Crippen LogP contribution in [0.2, 0.25) is 0 Å². The van der Waals surface area contributed by atoms with Crippen molar-refractivity contribution in [3.63, 3.8) is 0 Å². The van der Waals surface area contributed by atoms with Crippen molar-refractivity contribution in [3.05, 3.63) is 66.6 Å². The highest BCUT2D eigenvalue weighted by Crippen LogP contribution is 2.25. The second-order valence-electron chi connectivity index (χ2n) is 7.07. The molecule has 1 aliphatic heterocycles. The molecule has 30 heavy (non-hydrogen) atoms. The Labute approximate surface area is 179 Å². The van der Waals surface area contributed by atoms with Gasteiger partial charge in [0.1, 0.15) is 11.5 Å². The topological polar surface area (TPSA) is 80.1 Å². The fourth-order valence-corrected chi connectivity index (χ4v) is 4.17. The maximum atomic E-state index is 13.2. The third-order valence-electron chi connectivity index (χ3n) is 5.21. The van der Waals surface area contributed by atoms with Crippen LogP contribution in [0.25, 0.3) is 5.69 Å². The number of hydrogen-bond donors (Lipinski definition) is 1. The van der Waals surface area contributed by atoms with E-state index in [9.17, 15) is 9.59 Å². The van der Waals surface area contributed by atoms with Gasteiger partial charge in [0, 0.05) is 30.9 Å². The van der Waals surface area contributed by atoms with E-state index in [4.69, 9.17) is 0 Å². The molecule has 1 aromatic carbocycles. The zero-order chi connectivity index (χ0) is 20.9. The molecule has 0 aliphatic carbocycles. The van der Waals surface area contributed by atoms with Crippen molar-refractivity contribution in [1.29, 1.82) is 0 Å². The Hall–Kier alpha value is -3.13. The monoisotopic (exact) mass is 421 g/mol. The normalized spacial score (nSPS) is 14.5. The third-order valence-corrected chi connectivity index (χ3v) is 5.87. The van der Waals surface area contributed by atoms with Gasteiger partial charge in [-0.05, 0) is 43.4 Å². The Morgan fingerprint density at radius 1 is 1.03 bits per heavy atom. The smallest absolute Gasteiger partial charge is 0.272 e. The van der Waals surface area contributed by atoms with E-state index in [2.05, 4.69) is 15.3 Å². The molecular formula is C22H23N5O2S. The molecule has 8 heteroatoms. The van der Waals surface area contributed by atoms with Gasteiger partial charge in [-0.25, -0.2) is 9.97 Å². The fraction of sp³-hybridized carbons (Fsp3) is 0.273. The van der Waals surface area contributed by atoms with Gasteiger partial charge in [0.2, 0.25) is 5.91 Å². The number of rotatable bonds is 5. The molecule has 1 saturated heterocycles. The predicted molar refractivity (Wildman–Crippen MR) is 117 cm³/mol. The molecule has 0 spiro atoms. The lowest BCUT2D eigenvalue weighted by molar-refractivity contribution is -0.121. The molecule has 0 radical (unpaired) electrons. The second-order valence-corrected chi connectivity index (χ2v) is 7.85. The van der Waals surface area contributed by atoms with Crippen LogP contribution in [-0.2, 0) is 4.79 Å². The summed E-state index contributed by atoms with van der Waals surface area (Å²) in [5, 5.41) is 3.63. The van der Waals surface area contributed by atoms with Crippen LogP contribution in [0.5, 0.6) is 0 Å². The van der Waals surface area contributed by atoms with Crippen LogP contribution in [0.4, 0.5) is 5.82 Å². The molecule has 2 aromatic heterocycles. The number of piperidine rings is 1. The summed E-state index contributed by atoms with van der Waals surface area (Å²) in [4.78, 5) is 36.1. The summed E-state index contributed by atoms with van der Waals surface area (Å²) in [6.45, 7) is 1.07. The van der Waals surface area contributed by atoms with Gasteiger partial charge in [-0.1, -0.05) is 36.0 Å². The fourth-order valence-electron chi connectivity index (χ4n) is 3.63. The van der Waals surface area contributed by atoms with Crippen LogP contribution in [0.3, 0.4) is 0 Å². The zero-order valence-electron chi connectivity index (χ0n) is 16.7. The van der Waals surface area contributed by atoms with Crippen molar-refractivity contribution in [2.45, 2.75) is 18.0 Å². The van der Waals surface area contributed by atoms with E-state index in [-0.39, 0.29) is 17.7 Å². The highest BCUT2D eigenvalue weighted by atomic mass is 32.2. The van der Waals surface area contributed by atoms with Crippen molar-refractivity contribution in [1.82, 2.24) is 19.4 Å².